The first-order valence-electron chi connectivity index (χ1n) is 5.96. The largest absolute Gasteiger partial charge is 0.465 e. The first kappa shape index (κ1) is 15.4. The van der Waals surface area contributed by atoms with Crippen molar-refractivity contribution in [3.05, 3.63) is 63.6 Å². The summed E-state index contributed by atoms with van der Waals surface area (Å²) in [6.45, 7) is 0. The average Bonchev–Trinajstić information content (AvgIpc) is 2.50. The van der Waals surface area contributed by atoms with Gasteiger partial charge < -0.3 is 10.1 Å². The van der Waals surface area contributed by atoms with E-state index in [0.717, 1.165) is 0 Å². The van der Waals surface area contributed by atoms with Crippen molar-refractivity contribution in [2.45, 2.75) is 0 Å². The van der Waals surface area contributed by atoms with Crippen LogP contribution < -0.4 is 5.32 Å². The number of nitrogens with one attached hydrogen (secondary N) is 1. The van der Waals surface area contributed by atoms with E-state index >= 15 is 0 Å². The number of carbonyl (C=O) groups is 2. The number of hydrogen-bond donors (Lipinski definition) is 1. The maximum absolute atomic E-state index is 12.1. The number of halogens is 2. The van der Waals surface area contributed by atoms with Crippen LogP contribution in [0.15, 0.2) is 42.5 Å². The van der Waals surface area contributed by atoms with E-state index in [1.54, 1.807) is 42.5 Å². The van der Waals surface area contributed by atoms with E-state index < -0.39 is 5.97 Å². The van der Waals surface area contributed by atoms with E-state index in [-0.39, 0.29) is 16.5 Å². The second-order valence-corrected chi connectivity index (χ2v) is 4.91. The second-order valence-electron chi connectivity index (χ2n) is 4.12. The Morgan fingerprint density at radius 2 is 1.71 bits per heavy atom. The molecule has 2 aromatic carbocycles. The molecule has 2 rings (SSSR count). The number of ether oxygens (including phenoxy) is 1. The first-order chi connectivity index (χ1) is 10.0. The topological polar surface area (TPSA) is 55.4 Å². The van der Waals surface area contributed by atoms with Crippen molar-refractivity contribution in [1.29, 1.82) is 0 Å². The zero-order chi connectivity index (χ0) is 15.4. The summed E-state index contributed by atoms with van der Waals surface area (Å²) in [6.07, 6.45) is 0. The van der Waals surface area contributed by atoms with E-state index in [2.05, 4.69) is 10.1 Å². The summed E-state index contributed by atoms with van der Waals surface area (Å²) in [5.74, 6) is -0.820. The highest BCUT2D eigenvalue weighted by Crippen LogP contribution is 2.26. The Kier molecular flexibility index (Phi) is 4.83. The summed E-state index contributed by atoms with van der Waals surface area (Å²) in [4.78, 5) is 23.4. The molecule has 0 saturated heterocycles. The molecule has 108 valence electrons. The fraction of sp³-hybridized carbons (Fsp3) is 0.0667. The predicted molar refractivity (Wildman–Crippen MR) is 82.2 cm³/mol. The maximum Gasteiger partial charge on any atom is 0.337 e. The van der Waals surface area contributed by atoms with Crippen LogP contribution in [0.1, 0.15) is 20.7 Å². The van der Waals surface area contributed by atoms with Crippen molar-refractivity contribution >= 4 is 40.8 Å². The molecule has 0 aliphatic carbocycles. The van der Waals surface area contributed by atoms with Crippen LogP contribution in [0.2, 0.25) is 10.0 Å². The van der Waals surface area contributed by atoms with Gasteiger partial charge in [-0.2, -0.15) is 0 Å². The molecular formula is C15H11Cl2NO3. The molecule has 0 heterocycles. The van der Waals surface area contributed by atoms with Gasteiger partial charge in [0.15, 0.2) is 0 Å². The number of rotatable bonds is 3. The standard InChI is InChI=1S/C15H11Cl2NO3/c1-21-15(20)9-5-7-10(8-6-9)18-14(19)11-3-2-4-12(16)13(11)17/h2-8H,1H3,(H,18,19). The Hall–Kier alpha value is -2.04. The number of methoxy groups -OCH3 is 1. The fourth-order valence-corrected chi connectivity index (χ4v) is 2.07. The summed E-state index contributed by atoms with van der Waals surface area (Å²) in [6, 6.07) is 11.1. The summed E-state index contributed by atoms with van der Waals surface area (Å²) in [5.41, 5.74) is 1.21. The molecule has 0 aliphatic rings. The normalized spacial score (nSPS) is 10.0. The van der Waals surface area contributed by atoms with Crippen LogP contribution in [0.25, 0.3) is 0 Å². The third-order valence-electron chi connectivity index (χ3n) is 2.76. The number of esters is 1. The molecule has 0 unspecified atom stereocenters. The smallest absolute Gasteiger partial charge is 0.337 e. The van der Waals surface area contributed by atoms with E-state index in [1.165, 1.54) is 7.11 Å². The summed E-state index contributed by atoms with van der Waals surface area (Å²) < 4.78 is 4.60. The Bertz CT molecular complexity index is 684. The Morgan fingerprint density at radius 3 is 2.33 bits per heavy atom. The molecule has 1 N–H and O–H groups in total. The molecule has 0 aromatic heterocycles. The van der Waals surface area contributed by atoms with Gasteiger partial charge in [-0.05, 0) is 36.4 Å². The summed E-state index contributed by atoms with van der Waals surface area (Å²) in [7, 11) is 1.30. The molecular weight excluding hydrogens is 313 g/mol. The molecule has 1 amide bonds. The summed E-state index contributed by atoms with van der Waals surface area (Å²) >= 11 is 11.9. The van der Waals surface area contributed by atoms with Crippen molar-refractivity contribution < 1.29 is 14.3 Å². The van der Waals surface area contributed by atoms with Crippen LogP contribution in [-0.4, -0.2) is 19.0 Å². The molecule has 0 bridgehead atoms. The van der Waals surface area contributed by atoms with Crippen LogP contribution in [0.5, 0.6) is 0 Å². The van der Waals surface area contributed by atoms with E-state index in [9.17, 15) is 9.59 Å². The van der Waals surface area contributed by atoms with Gasteiger partial charge in [0, 0.05) is 5.69 Å². The second kappa shape index (κ2) is 6.61. The SMILES string of the molecule is COC(=O)c1ccc(NC(=O)c2cccc(Cl)c2Cl)cc1. The Labute approximate surface area is 131 Å². The summed E-state index contributed by atoms with van der Waals surface area (Å²) in [5, 5.41) is 3.18. The van der Waals surface area contributed by atoms with Gasteiger partial charge in [0.05, 0.1) is 28.3 Å². The Balaban J connectivity index is 2.16. The lowest BCUT2D eigenvalue weighted by Crippen LogP contribution is -2.12. The Morgan fingerprint density at radius 1 is 1.05 bits per heavy atom. The highest BCUT2D eigenvalue weighted by atomic mass is 35.5. The van der Waals surface area contributed by atoms with Crippen LogP contribution in [0, 0.1) is 0 Å². The van der Waals surface area contributed by atoms with E-state index in [4.69, 9.17) is 23.2 Å². The van der Waals surface area contributed by atoms with Gasteiger partial charge in [-0.1, -0.05) is 29.3 Å². The molecule has 6 heteroatoms. The van der Waals surface area contributed by atoms with Crippen LogP contribution in [-0.2, 0) is 4.74 Å². The van der Waals surface area contributed by atoms with Crippen LogP contribution >= 0.6 is 23.2 Å². The highest BCUT2D eigenvalue weighted by Gasteiger charge is 2.13. The van der Waals surface area contributed by atoms with Crippen molar-refractivity contribution in [2.24, 2.45) is 0 Å². The number of anilines is 1. The molecule has 0 spiro atoms. The predicted octanol–water partition coefficient (Wildman–Crippen LogP) is 4.03. The quantitative estimate of drug-likeness (QED) is 0.867. The monoisotopic (exact) mass is 323 g/mol. The van der Waals surface area contributed by atoms with Gasteiger partial charge in [-0.15, -0.1) is 0 Å². The molecule has 0 fully saturated rings. The zero-order valence-corrected chi connectivity index (χ0v) is 12.5. The van der Waals surface area contributed by atoms with Gasteiger partial charge in [-0.25, -0.2) is 4.79 Å². The number of hydrogen-bond acceptors (Lipinski definition) is 3. The van der Waals surface area contributed by atoms with Crippen molar-refractivity contribution in [2.75, 3.05) is 12.4 Å². The molecule has 0 aliphatic heterocycles. The van der Waals surface area contributed by atoms with Gasteiger partial charge in [0.25, 0.3) is 5.91 Å². The first-order valence-corrected chi connectivity index (χ1v) is 6.72. The van der Waals surface area contributed by atoms with Gasteiger partial charge in [-0.3, -0.25) is 4.79 Å². The van der Waals surface area contributed by atoms with E-state index in [0.29, 0.717) is 16.3 Å². The minimum Gasteiger partial charge on any atom is -0.465 e. The number of amides is 1. The maximum atomic E-state index is 12.1. The van der Waals surface area contributed by atoms with E-state index in [1.807, 2.05) is 0 Å². The lowest BCUT2D eigenvalue weighted by Gasteiger charge is -2.08. The van der Waals surface area contributed by atoms with Crippen molar-refractivity contribution in [3.63, 3.8) is 0 Å². The lowest BCUT2D eigenvalue weighted by molar-refractivity contribution is 0.0600. The van der Waals surface area contributed by atoms with Gasteiger partial charge in [0.2, 0.25) is 0 Å². The molecule has 21 heavy (non-hydrogen) atoms. The molecule has 0 radical (unpaired) electrons. The van der Waals surface area contributed by atoms with Gasteiger partial charge in [0.1, 0.15) is 0 Å². The van der Waals surface area contributed by atoms with Gasteiger partial charge >= 0.3 is 5.97 Å². The van der Waals surface area contributed by atoms with Crippen LogP contribution in [0.4, 0.5) is 5.69 Å². The zero-order valence-electron chi connectivity index (χ0n) is 11.0. The minimum atomic E-state index is -0.439. The molecule has 4 nitrogen and oxygen atoms in total. The van der Waals surface area contributed by atoms with Crippen LogP contribution in [0.3, 0.4) is 0 Å². The molecule has 0 saturated carbocycles. The third kappa shape index (κ3) is 3.54. The average molecular weight is 324 g/mol. The fourth-order valence-electron chi connectivity index (χ4n) is 1.69. The minimum absolute atomic E-state index is 0.197. The highest BCUT2D eigenvalue weighted by molar-refractivity contribution is 6.44. The molecule has 0 atom stereocenters. The van der Waals surface area contributed by atoms with Crippen molar-refractivity contribution in [1.82, 2.24) is 0 Å². The van der Waals surface area contributed by atoms with Crippen molar-refractivity contribution in [3.8, 4) is 0 Å². The third-order valence-corrected chi connectivity index (χ3v) is 3.58. The number of benzene rings is 2. The lowest BCUT2D eigenvalue weighted by atomic mass is 10.2. The molecule has 2 aromatic rings. The number of carbonyl (C=O) groups excluding carboxylic acids is 2.